The zero-order valence-electron chi connectivity index (χ0n) is 8.13. The van der Waals surface area contributed by atoms with E-state index in [2.05, 4.69) is 11.3 Å². The molecule has 0 aromatic rings. The number of carbonyl (C=O) groups excluding carboxylic acids is 2. The number of Topliss-reactive ketones (excluding diaryl/α,β-unsaturated/α-hetero) is 1. The second-order valence-electron chi connectivity index (χ2n) is 2.69. The maximum Gasteiger partial charge on any atom is 0.359 e. The maximum atomic E-state index is 12.6. The van der Waals surface area contributed by atoms with E-state index in [0.717, 1.165) is 0 Å². The first-order valence-corrected chi connectivity index (χ1v) is 5.02. The predicted molar refractivity (Wildman–Crippen MR) is 53.8 cm³/mol. The zero-order valence-corrected chi connectivity index (χ0v) is 9.72. The Morgan fingerprint density at radius 2 is 2.13 bits per heavy atom. The van der Waals surface area contributed by atoms with Gasteiger partial charge in [-0.25, -0.2) is 0 Å². The minimum absolute atomic E-state index is 0.0353. The molecule has 0 spiro atoms. The topological polar surface area (TPSA) is 43.4 Å². The van der Waals surface area contributed by atoms with E-state index in [4.69, 9.17) is 0 Å². The summed E-state index contributed by atoms with van der Waals surface area (Å²) in [7, 11) is 0. The summed E-state index contributed by atoms with van der Waals surface area (Å²) < 4.78 is 29.7. The minimum Gasteiger partial charge on any atom is -0.465 e. The third kappa shape index (κ3) is 4.51. The van der Waals surface area contributed by atoms with Crippen LogP contribution < -0.4 is 0 Å². The fourth-order valence-corrected chi connectivity index (χ4v) is 1.19. The van der Waals surface area contributed by atoms with E-state index >= 15 is 0 Å². The molecule has 3 nitrogen and oxygen atoms in total. The number of hydrogen-bond donors (Lipinski definition) is 0. The molecule has 0 rings (SSSR count). The molecule has 0 aromatic heterocycles. The summed E-state index contributed by atoms with van der Waals surface area (Å²) in [6, 6.07) is 0. The van der Waals surface area contributed by atoms with Crippen molar-refractivity contribution < 1.29 is 23.1 Å². The van der Waals surface area contributed by atoms with Crippen molar-refractivity contribution in [1.82, 2.24) is 0 Å². The van der Waals surface area contributed by atoms with E-state index in [9.17, 15) is 18.4 Å². The molecule has 6 heteroatoms. The Morgan fingerprint density at radius 1 is 1.60 bits per heavy atom. The Balaban J connectivity index is 4.73. The lowest BCUT2D eigenvalue weighted by atomic mass is 10.0. The quantitative estimate of drug-likeness (QED) is 0.325. The molecule has 0 saturated carbocycles. The van der Waals surface area contributed by atoms with E-state index in [0.29, 0.717) is 0 Å². The van der Waals surface area contributed by atoms with Gasteiger partial charge in [-0.05, 0) is 29.3 Å². The molecular weight excluding hydrogens is 274 g/mol. The molecule has 15 heavy (non-hydrogen) atoms. The Bertz CT molecular complexity index is 261. The van der Waals surface area contributed by atoms with Crippen molar-refractivity contribution in [2.24, 2.45) is 5.92 Å². The Kier molecular flexibility index (Phi) is 5.64. The van der Waals surface area contributed by atoms with Crippen LogP contribution in [-0.4, -0.2) is 23.2 Å². The lowest BCUT2D eigenvalue weighted by Crippen LogP contribution is -2.35. The lowest BCUT2D eigenvalue weighted by Gasteiger charge is -2.15. The number of ketones is 1. The van der Waals surface area contributed by atoms with Gasteiger partial charge in [-0.3, -0.25) is 9.59 Å². The van der Waals surface area contributed by atoms with Gasteiger partial charge in [-0.15, -0.1) is 6.58 Å². The number of allylic oxidation sites excluding steroid dienone is 1. The molecule has 0 heterocycles. The Labute approximate surface area is 94.6 Å². The highest BCUT2D eigenvalue weighted by Gasteiger charge is 2.43. The van der Waals surface area contributed by atoms with Crippen LogP contribution in [0.4, 0.5) is 8.78 Å². The van der Waals surface area contributed by atoms with Gasteiger partial charge >= 0.3 is 10.8 Å². The first kappa shape index (κ1) is 14.2. The summed E-state index contributed by atoms with van der Waals surface area (Å²) in [4.78, 5) is 18.6. The van der Waals surface area contributed by atoms with Crippen LogP contribution in [0.25, 0.3) is 0 Å². The SMILES string of the molecule is C=CCC(C(=O)OCC)C(=O)C(F)(F)Br. The molecule has 0 N–H and O–H groups in total. The second-order valence-corrected chi connectivity index (χ2v) is 3.69. The van der Waals surface area contributed by atoms with Crippen LogP contribution in [0.5, 0.6) is 0 Å². The van der Waals surface area contributed by atoms with Crippen LogP contribution in [0.2, 0.25) is 0 Å². The van der Waals surface area contributed by atoms with E-state index in [1.807, 2.05) is 15.9 Å². The second kappa shape index (κ2) is 5.95. The highest BCUT2D eigenvalue weighted by atomic mass is 79.9. The van der Waals surface area contributed by atoms with Gasteiger partial charge < -0.3 is 4.74 Å². The monoisotopic (exact) mass is 284 g/mol. The van der Waals surface area contributed by atoms with Crippen molar-refractivity contribution in [3.05, 3.63) is 12.7 Å². The molecule has 1 atom stereocenters. The predicted octanol–water partition coefficient (Wildman–Crippen LogP) is 2.30. The summed E-state index contributed by atoms with van der Waals surface area (Å²) in [5.41, 5.74) is 0. The van der Waals surface area contributed by atoms with Gasteiger partial charge in [0.15, 0.2) is 0 Å². The van der Waals surface area contributed by atoms with Crippen LogP contribution in [0.3, 0.4) is 0 Å². The molecule has 0 bridgehead atoms. The molecule has 1 unspecified atom stereocenters. The summed E-state index contributed by atoms with van der Waals surface area (Å²) >= 11 is 1.91. The minimum atomic E-state index is -3.71. The first-order valence-electron chi connectivity index (χ1n) is 4.23. The molecule has 0 amide bonds. The lowest BCUT2D eigenvalue weighted by molar-refractivity contribution is -0.155. The van der Waals surface area contributed by atoms with Crippen molar-refractivity contribution in [3.8, 4) is 0 Å². The molecule has 0 radical (unpaired) electrons. The van der Waals surface area contributed by atoms with Gasteiger partial charge in [-0.2, -0.15) is 8.78 Å². The van der Waals surface area contributed by atoms with Gasteiger partial charge in [0.1, 0.15) is 5.92 Å². The molecule has 0 saturated heterocycles. The number of ether oxygens (including phenoxy) is 1. The van der Waals surface area contributed by atoms with E-state index < -0.39 is 22.5 Å². The van der Waals surface area contributed by atoms with Gasteiger partial charge in [0.2, 0.25) is 5.78 Å². The number of esters is 1. The number of carbonyl (C=O) groups is 2. The Hall–Kier alpha value is -0.780. The summed E-state index contributed by atoms with van der Waals surface area (Å²) in [6.45, 7) is 4.85. The van der Waals surface area contributed by atoms with E-state index in [1.165, 1.54) is 13.0 Å². The van der Waals surface area contributed by atoms with Crippen molar-refractivity contribution >= 4 is 27.7 Å². The van der Waals surface area contributed by atoms with Crippen molar-refractivity contribution in [2.75, 3.05) is 6.61 Å². The van der Waals surface area contributed by atoms with Crippen LogP contribution in [0.1, 0.15) is 13.3 Å². The van der Waals surface area contributed by atoms with Crippen molar-refractivity contribution in [2.45, 2.75) is 18.2 Å². The highest BCUT2D eigenvalue weighted by molar-refractivity contribution is 9.10. The maximum absolute atomic E-state index is 12.6. The molecule has 0 aromatic carbocycles. The molecule has 0 aliphatic rings. The summed E-state index contributed by atoms with van der Waals surface area (Å²) in [5.74, 6) is -3.97. The fraction of sp³-hybridized carbons (Fsp3) is 0.556. The Morgan fingerprint density at radius 3 is 2.47 bits per heavy atom. The standard InChI is InChI=1S/C9H11BrF2O3/c1-3-5-6(8(14)15-4-2)7(13)9(10,11)12/h3,6H,1,4-5H2,2H3. The molecule has 0 aliphatic heterocycles. The average molecular weight is 285 g/mol. The van der Waals surface area contributed by atoms with Crippen LogP contribution in [0.15, 0.2) is 12.7 Å². The number of alkyl halides is 3. The number of halogens is 3. The zero-order chi connectivity index (χ0) is 12.1. The number of hydrogen-bond acceptors (Lipinski definition) is 3. The largest absolute Gasteiger partial charge is 0.465 e. The first-order chi connectivity index (χ1) is 6.84. The van der Waals surface area contributed by atoms with E-state index in [-0.39, 0.29) is 13.0 Å². The molecular formula is C9H11BrF2O3. The van der Waals surface area contributed by atoms with Crippen LogP contribution >= 0.6 is 15.9 Å². The third-order valence-corrected chi connectivity index (χ3v) is 1.96. The van der Waals surface area contributed by atoms with Gasteiger partial charge in [0.05, 0.1) is 6.61 Å². The highest BCUT2D eigenvalue weighted by Crippen LogP contribution is 2.28. The van der Waals surface area contributed by atoms with Gasteiger partial charge in [-0.1, -0.05) is 6.08 Å². The summed E-state index contributed by atoms with van der Waals surface area (Å²) in [6.07, 6.45) is 1.05. The van der Waals surface area contributed by atoms with Gasteiger partial charge in [0.25, 0.3) is 0 Å². The van der Waals surface area contributed by atoms with Gasteiger partial charge in [0, 0.05) is 0 Å². The van der Waals surface area contributed by atoms with Crippen LogP contribution in [-0.2, 0) is 14.3 Å². The summed E-state index contributed by atoms with van der Waals surface area (Å²) in [5, 5.41) is 0. The van der Waals surface area contributed by atoms with Crippen molar-refractivity contribution in [3.63, 3.8) is 0 Å². The average Bonchev–Trinajstić information content (AvgIpc) is 2.12. The van der Waals surface area contributed by atoms with E-state index in [1.54, 1.807) is 0 Å². The molecule has 0 aliphatic carbocycles. The van der Waals surface area contributed by atoms with Crippen LogP contribution in [0, 0.1) is 5.92 Å². The van der Waals surface area contributed by atoms with Crippen molar-refractivity contribution in [1.29, 1.82) is 0 Å². The third-order valence-electron chi connectivity index (χ3n) is 1.57. The smallest absolute Gasteiger partial charge is 0.359 e. The number of rotatable bonds is 6. The molecule has 0 fully saturated rings. The molecule has 86 valence electrons. The fourth-order valence-electron chi connectivity index (χ4n) is 0.917. The normalized spacial score (nSPS) is 13.1.